The predicted octanol–water partition coefficient (Wildman–Crippen LogP) is 3.52. The van der Waals surface area contributed by atoms with Crippen molar-refractivity contribution in [2.45, 2.75) is 6.92 Å². The van der Waals surface area contributed by atoms with E-state index in [0.717, 1.165) is 16.0 Å². The lowest BCUT2D eigenvalue weighted by molar-refractivity contribution is -0.114. The molecule has 3 rings (SSSR count). The van der Waals surface area contributed by atoms with Gasteiger partial charge in [-0.3, -0.25) is 4.79 Å². The second-order valence-corrected chi connectivity index (χ2v) is 4.76. The molecule has 104 valence electrons. The number of aryl methyl sites for hydroxylation is 1. The van der Waals surface area contributed by atoms with Gasteiger partial charge < -0.3 is 4.74 Å². The third-order valence-electron chi connectivity index (χ3n) is 3.18. The molecule has 1 heterocycles. The Balaban J connectivity index is 1.92. The van der Waals surface area contributed by atoms with Crippen LogP contribution in [0.15, 0.2) is 60.4 Å². The van der Waals surface area contributed by atoms with Gasteiger partial charge in [0.05, 0.1) is 5.69 Å². The van der Waals surface area contributed by atoms with E-state index in [0.29, 0.717) is 5.69 Å². The molecule has 0 aliphatic carbocycles. The van der Waals surface area contributed by atoms with Crippen LogP contribution >= 0.6 is 0 Å². The number of carbonyl (C=O) groups excluding carboxylic acids is 2. The van der Waals surface area contributed by atoms with Gasteiger partial charge in [-0.2, -0.15) is 0 Å². The number of ether oxygens (including phenoxy) is 1. The van der Waals surface area contributed by atoms with E-state index in [-0.39, 0.29) is 5.76 Å². The number of nitrogens with zero attached hydrogens (tertiary/aromatic N) is 1. The third-order valence-corrected chi connectivity index (χ3v) is 3.18. The SMILES string of the molecule is Cc1ccc(/C=C2/OC(=O)N(c3ccccc3)C2=O)cc1. The molecule has 0 saturated carbocycles. The molecule has 1 saturated heterocycles. The van der Waals surface area contributed by atoms with E-state index in [1.165, 1.54) is 0 Å². The Bertz CT molecular complexity index is 717. The summed E-state index contributed by atoms with van der Waals surface area (Å²) in [6.45, 7) is 1.98. The average molecular weight is 279 g/mol. The molecule has 0 radical (unpaired) electrons. The lowest BCUT2D eigenvalue weighted by Gasteiger charge is -2.08. The number of para-hydroxylation sites is 1. The molecule has 2 amide bonds. The van der Waals surface area contributed by atoms with E-state index >= 15 is 0 Å². The summed E-state index contributed by atoms with van der Waals surface area (Å²) in [5.41, 5.74) is 2.43. The predicted molar refractivity (Wildman–Crippen MR) is 79.6 cm³/mol. The van der Waals surface area contributed by atoms with Gasteiger partial charge in [0.25, 0.3) is 0 Å². The first-order chi connectivity index (χ1) is 10.1. The van der Waals surface area contributed by atoms with Crippen molar-refractivity contribution in [1.29, 1.82) is 0 Å². The van der Waals surface area contributed by atoms with E-state index in [4.69, 9.17) is 4.74 Å². The Kier molecular flexibility index (Phi) is 3.28. The van der Waals surface area contributed by atoms with Gasteiger partial charge in [0.1, 0.15) is 0 Å². The summed E-state index contributed by atoms with van der Waals surface area (Å²) in [6, 6.07) is 16.3. The number of cyclic esters (lactones) is 1. The monoisotopic (exact) mass is 279 g/mol. The van der Waals surface area contributed by atoms with Crippen molar-refractivity contribution in [3.8, 4) is 0 Å². The van der Waals surface area contributed by atoms with Gasteiger partial charge >= 0.3 is 12.0 Å². The van der Waals surface area contributed by atoms with Gasteiger partial charge in [0.15, 0.2) is 5.76 Å². The normalized spacial score (nSPS) is 16.4. The van der Waals surface area contributed by atoms with Crippen molar-refractivity contribution in [2.24, 2.45) is 0 Å². The second-order valence-electron chi connectivity index (χ2n) is 4.76. The molecule has 21 heavy (non-hydrogen) atoms. The molecular weight excluding hydrogens is 266 g/mol. The quantitative estimate of drug-likeness (QED) is 0.790. The molecule has 2 aromatic rings. The van der Waals surface area contributed by atoms with Gasteiger partial charge in [-0.25, -0.2) is 9.69 Å². The molecule has 0 bridgehead atoms. The highest BCUT2D eigenvalue weighted by Gasteiger charge is 2.37. The van der Waals surface area contributed by atoms with Crippen LogP contribution < -0.4 is 4.90 Å². The van der Waals surface area contributed by atoms with Gasteiger partial charge in [-0.1, -0.05) is 48.0 Å². The minimum absolute atomic E-state index is 0.0349. The highest BCUT2D eigenvalue weighted by molar-refractivity contribution is 6.24. The van der Waals surface area contributed by atoms with Crippen LogP contribution in [0, 0.1) is 6.92 Å². The summed E-state index contributed by atoms with van der Waals surface area (Å²) in [7, 11) is 0. The summed E-state index contributed by atoms with van der Waals surface area (Å²) in [5, 5.41) is 0. The maximum atomic E-state index is 12.3. The van der Waals surface area contributed by atoms with Crippen molar-refractivity contribution in [1.82, 2.24) is 0 Å². The number of carbonyl (C=O) groups is 2. The van der Waals surface area contributed by atoms with Gasteiger partial charge in [-0.05, 0) is 30.7 Å². The molecule has 0 N–H and O–H groups in total. The minimum Gasteiger partial charge on any atom is -0.404 e. The number of amides is 2. The summed E-state index contributed by atoms with van der Waals surface area (Å²) in [4.78, 5) is 25.2. The topological polar surface area (TPSA) is 46.6 Å². The molecular formula is C17H13NO3. The van der Waals surface area contributed by atoms with E-state index in [1.54, 1.807) is 30.3 Å². The first-order valence-electron chi connectivity index (χ1n) is 6.55. The summed E-state index contributed by atoms with van der Waals surface area (Å²) in [5.74, 6) is -0.417. The molecule has 0 aromatic heterocycles. The Labute approximate surface area is 122 Å². The number of hydrogen-bond donors (Lipinski definition) is 0. The fourth-order valence-corrected chi connectivity index (χ4v) is 2.08. The minimum atomic E-state index is -0.676. The summed E-state index contributed by atoms with van der Waals surface area (Å²) in [6.07, 6.45) is 0.896. The molecule has 2 aromatic carbocycles. The Hall–Kier alpha value is -2.88. The Morgan fingerprint density at radius 3 is 2.29 bits per heavy atom. The fraction of sp³-hybridized carbons (Fsp3) is 0.0588. The second kappa shape index (κ2) is 5.25. The fourth-order valence-electron chi connectivity index (χ4n) is 2.08. The summed E-state index contributed by atoms with van der Waals surface area (Å²) < 4.78 is 5.07. The van der Waals surface area contributed by atoms with E-state index in [9.17, 15) is 9.59 Å². The number of hydrogen-bond acceptors (Lipinski definition) is 3. The largest absolute Gasteiger partial charge is 0.427 e. The highest BCUT2D eigenvalue weighted by Crippen LogP contribution is 2.25. The van der Waals surface area contributed by atoms with Crippen LogP contribution in [0.3, 0.4) is 0 Å². The van der Waals surface area contributed by atoms with E-state index in [1.807, 2.05) is 37.3 Å². The number of anilines is 1. The maximum Gasteiger partial charge on any atom is 0.427 e. The average Bonchev–Trinajstić information content (AvgIpc) is 2.77. The van der Waals surface area contributed by atoms with Crippen LogP contribution in [-0.4, -0.2) is 12.0 Å². The van der Waals surface area contributed by atoms with Crippen LogP contribution in [0.1, 0.15) is 11.1 Å². The molecule has 0 spiro atoms. The summed E-state index contributed by atoms with van der Waals surface area (Å²) >= 11 is 0. The van der Waals surface area contributed by atoms with Gasteiger partial charge in [-0.15, -0.1) is 0 Å². The number of rotatable bonds is 2. The Morgan fingerprint density at radius 1 is 0.952 bits per heavy atom. The van der Waals surface area contributed by atoms with Crippen LogP contribution in [0.2, 0.25) is 0 Å². The zero-order valence-electron chi connectivity index (χ0n) is 11.4. The van der Waals surface area contributed by atoms with Crippen LogP contribution in [0.25, 0.3) is 6.08 Å². The number of imide groups is 1. The molecule has 1 aliphatic rings. The van der Waals surface area contributed by atoms with Crippen LogP contribution in [0.5, 0.6) is 0 Å². The van der Waals surface area contributed by atoms with Crippen LogP contribution in [0.4, 0.5) is 10.5 Å². The van der Waals surface area contributed by atoms with Crippen molar-refractivity contribution in [3.63, 3.8) is 0 Å². The van der Waals surface area contributed by atoms with Crippen molar-refractivity contribution < 1.29 is 14.3 Å². The van der Waals surface area contributed by atoms with Gasteiger partial charge in [0, 0.05) is 0 Å². The molecule has 1 aliphatic heterocycles. The molecule has 0 atom stereocenters. The first kappa shape index (κ1) is 13.1. The standard InChI is InChI=1S/C17H13NO3/c1-12-7-9-13(10-8-12)11-15-16(19)18(17(20)21-15)14-5-3-2-4-6-14/h2-11H,1H3/b15-11+. The molecule has 4 heteroatoms. The lowest BCUT2D eigenvalue weighted by Crippen LogP contribution is -2.28. The van der Waals surface area contributed by atoms with Gasteiger partial charge in [0.2, 0.25) is 0 Å². The zero-order valence-corrected chi connectivity index (χ0v) is 11.4. The molecule has 4 nitrogen and oxygen atoms in total. The third kappa shape index (κ3) is 2.56. The molecule has 0 unspecified atom stereocenters. The highest BCUT2D eigenvalue weighted by atomic mass is 16.6. The van der Waals surface area contributed by atoms with Crippen molar-refractivity contribution >= 4 is 23.8 Å². The zero-order chi connectivity index (χ0) is 14.8. The first-order valence-corrected chi connectivity index (χ1v) is 6.55. The molecule has 1 fully saturated rings. The maximum absolute atomic E-state index is 12.3. The van der Waals surface area contributed by atoms with Crippen molar-refractivity contribution in [3.05, 3.63) is 71.5 Å². The van der Waals surface area contributed by atoms with Crippen LogP contribution in [-0.2, 0) is 9.53 Å². The van der Waals surface area contributed by atoms with E-state index < -0.39 is 12.0 Å². The Morgan fingerprint density at radius 2 is 1.62 bits per heavy atom. The van der Waals surface area contributed by atoms with Crippen molar-refractivity contribution in [2.75, 3.05) is 4.90 Å². The van der Waals surface area contributed by atoms with E-state index in [2.05, 4.69) is 0 Å². The number of benzene rings is 2. The smallest absolute Gasteiger partial charge is 0.404 e. The lowest BCUT2D eigenvalue weighted by atomic mass is 10.1.